The molecule has 200 valence electrons. The zero-order valence-corrected chi connectivity index (χ0v) is 23.5. The van der Waals surface area contributed by atoms with E-state index in [0.29, 0.717) is 0 Å². The molecular weight excluding hydrogens is 495 g/mol. The van der Waals surface area contributed by atoms with Crippen LogP contribution in [0.5, 0.6) is 5.75 Å². The molecule has 0 radical (unpaired) electrons. The number of rotatable bonds is 10. The largest absolute Gasteiger partial charge is 0.493 e. The van der Waals surface area contributed by atoms with Gasteiger partial charge in [0.2, 0.25) is 0 Å². The molecule has 0 amide bonds. The lowest BCUT2D eigenvalue weighted by molar-refractivity contribution is 0.135. The first-order valence-electron chi connectivity index (χ1n) is 13.4. The van der Waals surface area contributed by atoms with Crippen LogP contribution in [0.15, 0.2) is 16.7 Å². The van der Waals surface area contributed by atoms with Crippen molar-refractivity contribution in [2.75, 3.05) is 40.3 Å². The van der Waals surface area contributed by atoms with Crippen molar-refractivity contribution in [3.05, 3.63) is 23.4 Å². The molecule has 2 heterocycles. The topological polar surface area (TPSA) is 65.5 Å². The molecule has 6 nitrogen and oxygen atoms in total. The quantitative estimate of drug-likeness (QED) is 0.357. The first kappa shape index (κ1) is 29.0. The van der Waals surface area contributed by atoms with Crippen LogP contribution in [0.2, 0.25) is 0 Å². The van der Waals surface area contributed by atoms with Gasteiger partial charge in [-0.1, -0.05) is 18.0 Å². The fourth-order valence-electron chi connectivity index (χ4n) is 5.92. The molecule has 0 atom stereocenters. The number of benzene rings is 1. The summed E-state index contributed by atoms with van der Waals surface area (Å²) in [7, 11) is 4.16. The highest BCUT2D eigenvalue weighted by atomic mass is 35.5. The van der Waals surface area contributed by atoms with Crippen molar-refractivity contribution in [3.8, 4) is 11.8 Å². The molecule has 3 fully saturated rings. The highest BCUT2D eigenvalue weighted by Gasteiger charge is 2.36. The molecule has 8 heteroatoms. The Balaban J connectivity index is 0.00000180. The summed E-state index contributed by atoms with van der Waals surface area (Å²) >= 11 is 0. The average molecular weight is 538 g/mol. The van der Waals surface area contributed by atoms with E-state index in [1.54, 1.807) is 0 Å². The Labute approximate surface area is 228 Å². The van der Waals surface area contributed by atoms with Crippen LogP contribution in [0, 0.1) is 28.6 Å². The van der Waals surface area contributed by atoms with Crippen molar-refractivity contribution in [1.29, 1.82) is 5.26 Å². The maximum absolute atomic E-state index is 9.71. The Kier molecular flexibility index (Phi) is 10.3. The third-order valence-corrected chi connectivity index (χ3v) is 8.24. The summed E-state index contributed by atoms with van der Waals surface area (Å²) in [6.07, 6.45) is 11.8. The Hall–Kier alpha value is -1.52. The maximum Gasteiger partial charge on any atom is 0.175 e. The number of nitrogens with zero attached hydrogens (tertiary/aromatic N) is 4. The third kappa shape index (κ3) is 6.86. The van der Waals surface area contributed by atoms with Crippen LogP contribution < -0.4 is 4.74 Å². The lowest BCUT2D eigenvalue weighted by atomic mass is 9.85. The SMILES string of the molecule is CN(C)Cc1c(OCC2CC2)ccc2c(CCC3CCN(CC4(C#N)CCCC4)CC3)noc12.Cl.Cl. The van der Waals surface area contributed by atoms with Crippen LogP contribution in [-0.4, -0.2) is 55.3 Å². The van der Waals surface area contributed by atoms with Crippen molar-refractivity contribution in [3.63, 3.8) is 0 Å². The van der Waals surface area contributed by atoms with E-state index in [1.165, 1.54) is 38.5 Å². The summed E-state index contributed by atoms with van der Waals surface area (Å²) in [4.78, 5) is 4.71. The highest BCUT2D eigenvalue weighted by molar-refractivity contribution is 5.86. The van der Waals surface area contributed by atoms with E-state index in [4.69, 9.17) is 9.26 Å². The van der Waals surface area contributed by atoms with Gasteiger partial charge in [-0.05, 0) is 103 Å². The molecule has 2 saturated carbocycles. The molecule has 2 aliphatic carbocycles. The molecule has 0 spiro atoms. The van der Waals surface area contributed by atoms with Gasteiger partial charge in [-0.25, -0.2) is 0 Å². The van der Waals surface area contributed by atoms with Crippen molar-refractivity contribution < 1.29 is 9.26 Å². The van der Waals surface area contributed by atoms with E-state index >= 15 is 0 Å². The number of aryl methyl sites for hydroxylation is 1. The number of aromatic nitrogens is 1. The molecule has 5 rings (SSSR count). The summed E-state index contributed by atoms with van der Waals surface area (Å²) in [5.41, 5.74) is 3.03. The van der Waals surface area contributed by atoms with Gasteiger partial charge in [-0.3, -0.25) is 0 Å². The summed E-state index contributed by atoms with van der Waals surface area (Å²) in [5, 5.41) is 15.4. The second-order valence-electron chi connectivity index (χ2n) is 11.4. The van der Waals surface area contributed by atoms with Gasteiger partial charge in [0.05, 0.1) is 29.3 Å². The number of ether oxygens (including phenoxy) is 1. The van der Waals surface area contributed by atoms with Gasteiger partial charge in [-0.15, -0.1) is 24.8 Å². The normalized spacial score (nSPS) is 20.2. The Bertz CT molecular complexity index is 1020. The summed E-state index contributed by atoms with van der Waals surface area (Å²) in [6.45, 7) is 4.82. The molecule has 1 saturated heterocycles. The van der Waals surface area contributed by atoms with Gasteiger partial charge in [0, 0.05) is 18.5 Å². The summed E-state index contributed by atoms with van der Waals surface area (Å²) in [6, 6.07) is 6.93. The van der Waals surface area contributed by atoms with Gasteiger partial charge < -0.3 is 19.1 Å². The van der Waals surface area contributed by atoms with E-state index < -0.39 is 0 Å². The molecule has 0 unspecified atom stereocenters. The van der Waals surface area contributed by atoms with Crippen LogP contribution in [0.4, 0.5) is 0 Å². The van der Waals surface area contributed by atoms with Crippen LogP contribution in [-0.2, 0) is 13.0 Å². The van der Waals surface area contributed by atoms with Gasteiger partial charge in [0.15, 0.2) is 5.58 Å². The van der Waals surface area contributed by atoms with E-state index in [2.05, 4.69) is 47.3 Å². The molecule has 0 bridgehead atoms. The standard InChI is InChI=1S/C28H40N4O2.2ClH/c1-31(2)17-24-26(33-18-22-5-6-22)10-8-23-25(30-34-27(23)24)9-7-21-11-15-32(16-12-21)20-28(19-29)13-3-4-14-28;;/h8,10,21-22H,3-7,9,11-18,20H2,1-2H3;2*1H. The number of fused-ring (bicyclic) bond motifs is 1. The van der Waals surface area contributed by atoms with Gasteiger partial charge >= 0.3 is 0 Å². The van der Waals surface area contributed by atoms with E-state index in [1.807, 2.05) is 0 Å². The summed E-state index contributed by atoms with van der Waals surface area (Å²) in [5.74, 6) is 2.40. The van der Waals surface area contributed by atoms with Crippen molar-refractivity contribution in [2.45, 2.75) is 70.8 Å². The lowest BCUT2D eigenvalue weighted by Gasteiger charge is -2.36. The van der Waals surface area contributed by atoms with E-state index in [-0.39, 0.29) is 30.2 Å². The van der Waals surface area contributed by atoms with Crippen LogP contribution in [0.1, 0.15) is 69.0 Å². The predicted octanol–water partition coefficient (Wildman–Crippen LogP) is 6.25. The van der Waals surface area contributed by atoms with Gasteiger partial charge in [0.1, 0.15) is 5.75 Å². The first-order valence-corrected chi connectivity index (χ1v) is 13.4. The number of nitriles is 1. The fraction of sp³-hybridized carbons (Fsp3) is 0.714. The van der Waals surface area contributed by atoms with Crippen molar-refractivity contribution in [1.82, 2.24) is 15.0 Å². The molecule has 3 aliphatic rings. The number of likely N-dealkylation sites (tertiary alicyclic amines) is 1. The molecular formula is C28H42Cl2N4O2. The molecule has 2 aromatic rings. The number of halogens is 2. The van der Waals surface area contributed by atoms with Crippen LogP contribution in [0.25, 0.3) is 11.0 Å². The zero-order chi connectivity index (χ0) is 23.5. The van der Waals surface area contributed by atoms with Crippen molar-refractivity contribution >= 4 is 35.8 Å². The van der Waals surface area contributed by atoms with E-state index in [9.17, 15) is 5.26 Å². The van der Waals surface area contributed by atoms with E-state index in [0.717, 1.165) is 98.3 Å². The summed E-state index contributed by atoms with van der Waals surface area (Å²) < 4.78 is 12.1. The Morgan fingerprint density at radius 1 is 1.11 bits per heavy atom. The molecule has 0 N–H and O–H groups in total. The lowest BCUT2D eigenvalue weighted by Crippen LogP contribution is -2.40. The van der Waals surface area contributed by atoms with Gasteiger partial charge in [-0.2, -0.15) is 5.26 Å². The predicted molar refractivity (Wildman–Crippen MR) is 148 cm³/mol. The highest BCUT2D eigenvalue weighted by Crippen LogP contribution is 2.39. The average Bonchev–Trinajstić information content (AvgIpc) is 3.39. The molecule has 1 aromatic heterocycles. The minimum Gasteiger partial charge on any atom is -0.493 e. The Morgan fingerprint density at radius 3 is 2.47 bits per heavy atom. The van der Waals surface area contributed by atoms with Gasteiger partial charge in [0.25, 0.3) is 0 Å². The molecule has 36 heavy (non-hydrogen) atoms. The number of hydrogen-bond donors (Lipinski definition) is 0. The fourth-order valence-corrected chi connectivity index (χ4v) is 5.92. The smallest absolute Gasteiger partial charge is 0.175 e. The Morgan fingerprint density at radius 2 is 1.83 bits per heavy atom. The monoisotopic (exact) mass is 536 g/mol. The third-order valence-electron chi connectivity index (χ3n) is 8.24. The number of piperidine rings is 1. The minimum absolute atomic E-state index is 0. The second-order valence-corrected chi connectivity index (χ2v) is 11.4. The number of hydrogen-bond acceptors (Lipinski definition) is 6. The first-order chi connectivity index (χ1) is 16.5. The molecule has 1 aliphatic heterocycles. The minimum atomic E-state index is -0.0715. The second kappa shape index (κ2) is 12.8. The zero-order valence-electron chi connectivity index (χ0n) is 21.8. The maximum atomic E-state index is 9.71. The molecule has 1 aromatic carbocycles. The van der Waals surface area contributed by atoms with Crippen molar-refractivity contribution in [2.24, 2.45) is 17.3 Å². The van der Waals surface area contributed by atoms with Crippen LogP contribution >= 0.6 is 24.8 Å². The van der Waals surface area contributed by atoms with Crippen LogP contribution in [0.3, 0.4) is 0 Å².